The lowest BCUT2D eigenvalue weighted by molar-refractivity contribution is -0.198. The van der Waals surface area contributed by atoms with Gasteiger partial charge in [0, 0.05) is 25.7 Å². The molecule has 0 spiro atoms. The number of rotatable bonds is 6. The van der Waals surface area contributed by atoms with Gasteiger partial charge in [0.15, 0.2) is 0 Å². The fourth-order valence-corrected chi connectivity index (χ4v) is 4.00. The summed E-state index contributed by atoms with van der Waals surface area (Å²) in [5, 5.41) is 0. The van der Waals surface area contributed by atoms with Crippen LogP contribution in [-0.4, -0.2) is 39.4 Å². The van der Waals surface area contributed by atoms with Gasteiger partial charge in [-0.05, 0) is 31.8 Å². The Balaban J connectivity index is 2.36. The highest BCUT2D eigenvalue weighted by atomic mass is 32.2. The van der Waals surface area contributed by atoms with E-state index in [9.17, 15) is 26.4 Å². The van der Waals surface area contributed by atoms with Gasteiger partial charge >= 0.3 is 21.6 Å². The Hall–Kier alpha value is -1.75. The highest BCUT2D eigenvalue weighted by molar-refractivity contribution is 7.87. The number of allylic oxidation sites excluding steroid dienone is 2. The third-order valence-electron chi connectivity index (χ3n) is 4.93. The SMILES string of the molecule is COC(=O)C1=C(OS(=O)(=O)C(F)(F)F)C(C)(CCC2=CCOC(C)(C)O2)CCC1. The molecule has 1 aliphatic heterocycles. The van der Waals surface area contributed by atoms with Gasteiger partial charge in [-0.15, -0.1) is 0 Å². The van der Waals surface area contributed by atoms with Crippen LogP contribution in [0.5, 0.6) is 0 Å². The number of hydrogen-bond donors (Lipinski definition) is 0. The van der Waals surface area contributed by atoms with Crippen molar-refractivity contribution < 1.29 is 44.8 Å². The Morgan fingerprint density at radius 1 is 1.28 bits per heavy atom. The first-order chi connectivity index (χ1) is 13.2. The Bertz CT molecular complexity index is 812. The maximum Gasteiger partial charge on any atom is 0.534 e. The molecule has 1 unspecified atom stereocenters. The first kappa shape index (κ1) is 23.5. The van der Waals surface area contributed by atoms with Crippen molar-refractivity contribution in [2.75, 3.05) is 13.7 Å². The van der Waals surface area contributed by atoms with Gasteiger partial charge in [0.25, 0.3) is 0 Å². The molecule has 0 aromatic rings. The molecule has 2 rings (SSSR count). The smallest absolute Gasteiger partial charge is 0.468 e. The fraction of sp³-hybridized carbons (Fsp3) is 0.722. The number of carbonyl (C=O) groups is 1. The molecular weight excluding hydrogens is 417 g/mol. The zero-order valence-electron chi connectivity index (χ0n) is 16.7. The average Bonchev–Trinajstić information content (AvgIpc) is 2.59. The normalized spacial score (nSPS) is 25.1. The van der Waals surface area contributed by atoms with Crippen LogP contribution in [-0.2, 0) is 33.3 Å². The quantitative estimate of drug-likeness (QED) is 0.350. The van der Waals surface area contributed by atoms with Gasteiger partial charge in [0.1, 0.15) is 5.76 Å². The lowest BCUT2D eigenvalue weighted by atomic mass is 9.73. The number of halogens is 3. The lowest BCUT2D eigenvalue weighted by Crippen LogP contribution is -2.35. The summed E-state index contributed by atoms with van der Waals surface area (Å²) in [5.41, 5.74) is -6.95. The third-order valence-corrected chi connectivity index (χ3v) is 5.88. The third kappa shape index (κ3) is 5.44. The van der Waals surface area contributed by atoms with Crippen LogP contribution in [0.1, 0.15) is 52.9 Å². The van der Waals surface area contributed by atoms with Crippen LogP contribution in [0.2, 0.25) is 0 Å². The fourth-order valence-electron chi connectivity index (χ4n) is 3.39. The van der Waals surface area contributed by atoms with Gasteiger partial charge in [0.05, 0.1) is 25.0 Å². The second kappa shape index (κ2) is 8.17. The minimum absolute atomic E-state index is 0.0606. The van der Waals surface area contributed by atoms with Gasteiger partial charge in [-0.25, -0.2) is 4.79 Å². The summed E-state index contributed by atoms with van der Waals surface area (Å²) in [4.78, 5) is 12.1. The molecule has 2 aliphatic rings. The van der Waals surface area contributed by atoms with Crippen molar-refractivity contribution in [3.05, 3.63) is 23.2 Å². The molecule has 0 bridgehead atoms. The van der Waals surface area contributed by atoms with Crippen molar-refractivity contribution in [1.29, 1.82) is 0 Å². The molecule has 0 radical (unpaired) electrons. The molecule has 1 atom stereocenters. The summed E-state index contributed by atoms with van der Waals surface area (Å²) in [6, 6.07) is 0. The maximum absolute atomic E-state index is 12.9. The summed E-state index contributed by atoms with van der Waals surface area (Å²) >= 11 is 0. The van der Waals surface area contributed by atoms with E-state index in [0.717, 1.165) is 7.11 Å². The van der Waals surface area contributed by atoms with Crippen LogP contribution >= 0.6 is 0 Å². The van der Waals surface area contributed by atoms with E-state index < -0.39 is 38.6 Å². The Labute approximate surface area is 167 Å². The minimum atomic E-state index is -5.94. The van der Waals surface area contributed by atoms with Crippen LogP contribution < -0.4 is 0 Å². The molecular formula is C18H25F3O7S. The van der Waals surface area contributed by atoms with E-state index in [-0.39, 0.29) is 18.4 Å². The van der Waals surface area contributed by atoms with E-state index >= 15 is 0 Å². The van der Waals surface area contributed by atoms with Crippen molar-refractivity contribution in [3.63, 3.8) is 0 Å². The van der Waals surface area contributed by atoms with E-state index in [4.69, 9.17) is 9.47 Å². The molecule has 0 saturated carbocycles. The topological polar surface area (TPSA) is 88.1 Å². The highest BCUT2D eigenvalue weighted by Gasteiger charge is 2.52. The van der Waals surface area contributed by atoms with Gasteiger partial charge in [-0.2, -0.15) is 21.6 Å². The predicted octanol–water partition coefficient (Wildman–Crippen LogP) is 3.92. The lowest BCUT2D eigenvalue weighted by Gasteiger charge is -2.37. The average molecular weight is 442 g/mol. The van der Waals surface area contributed by atoms with E-state index in [2.05, 4.69) is 8.92 Å². The van der Waals surface area contributed by atoms with Crippen molar-refractivity contribution in [1.82, 2.24) is 0 Å². The molecule has 7 nitrogen and oxygen atoms in total. The largest absolute Gasteiger partial charge is 0.534 e. The Morgan fingerprint density at radius 3 is 2.48 bits per heavy atom. The number of esters is 1. The molecule has 0 saturated heterocycles. The standard InChI is InChI=1S/C18H25F3O7S/c1-16(2)26-11-8-12(27-16)7-10-17(3)9-5-6-13(15(22)25-4)14(17)28-29(23,24)18(19,20)21/h8H,5-7,9-11H2,1-4H3. The summed E-state index contributed by atoms with van der Waals surface area (Å²) in [6.07, 6.45) is 3.08. The van der Waals surface area contributed by atoms with Crippen LogP contribution in [0.3, 0.4) is 0 Å². The molecule has 1 heterocycles. The van der Waals surface area contributed by atoms with E-state index in [1.54, 1.807) is 26.8 Å². The van der Waals surface area contributed by atoms with Crippen molar-refractivity contribution >= 4 is 16.1 Å². The van der Waals surface area contributed by atoms with Crippen LogP contribution in [0.25, 0.3) is 0 Å². The summed E-state index contributed by atoms with van der Waals surface area (Å²) in [5.74, 6) is -1.69. The minimum Gasteiger partial charge on any atom is -0.468 e. The summed E-state index contributed by atoms with van der Waals surface area (Å²) in [6.45, 7) is 5.33. The van der Waals surface area contributed by atoms with Gasteiger partial charge < -0.3 is 18.4 Å². The van der Waals surface area contributed by atoms with Gasteiger partial charge in [-0.1, -0.05) is 6.92 Å². The van der Waals surface area contributed by atoms with Crippen LogP contribution in [0, 0.1) is 5.41 Å². The van der Waals surface area contributed by atoms with E-state index in [1.807, 2.05) is 0 Å². The second-order valence-corrected chi connectivity index (χ2v) is 9.22. The number of alkyl halides is 3. The van der Waals surface area contributed by atoms with Gasteiger partial charge in [0.2, 0.25) is 5.79 Å². The van der Waals surface area contributed by atoms with Crippen molar-refractivity contribution in [2.24, 2.45) is 5.41 Å². The van der Waals surface area contributed by atoms with E-state index in [0.29, 0.717) is 31.6 Å². The first-order valence-corrected chi connectivity index (χ1v) is 10.5. The predicted molar refractivity (Wildman–Crippen MR) is 95.5 cm³/mol. The molecule has 0 fully saturated rings. The van der Waals surface area contributed by atoms with Crippen molar-refractivity contribution in [2.45, 2.75) is 64.2 Å². The molecule has 1 aliphatic carbocycles. The summed E-state index contributed by atoms with van der Waals surface area (Å²) in [7, 11) is -4.87. The van der Waals surface area contributed by atoms with Gasteiger partial charge in [-0.3, -0.25) is 0 Å². The van der Waals surface area contributed by atoms with Crippen molar-refractivity contribution in [3.8, 4) is 0 Å². The Morgan fingerprint density at radius 2 is 1.93 bits per heavy atom. The monoisotopic (exact) mass is 442 g/mol. The zero-order chi connectivity index (χ0) is 22.1. The maximum atomic E-state index is 12.9. The molecule has 0 N–H and O–H groups in total. The number of methoxy groups -OCH3 is 1. The molecule has 29 heavy (non-hydrogen) atoms. The number of ether oxygens (including phenoxy) is 3. The molecule has 11 heteroatoms. The first-order valence-electron chi connectivity index (χ1n) is 9.05. The molecule has 0 aromatic heterocycles. The summed E-state index contributed by atoms with van der Waals surface area (Å²) < 4.78 is 82.3. The molecule has 0 amide bonds. The number of hydrogen-bond acceptors (Lipinski definition) is 7. The van der Waals surface area contributed by atoms with Crippen LogP contribution in [0.15, 0.2) is 23.2 Å². The Kier molecular flexibility index (Phi) is 6.63. The molecule has 0 aromatic carbocycles. The molecule has 166 valence electrons. The van der Waals surface area contributed by atoms with Crippen LogP contribution in [0.4, 0.5) is 13.2 Å². The second-order valence-electron chi connectivity index (χ2n) is 7.68. The highest BCUT2D eigenvalue weighted by Crippen LogP contribution is 2.47. The number of carbonyl (C=O) groups excluding carboxylic acids is 1. The van der Waals surface area contributed by atoms with E-state index in [1.165, 1.54) is 0 Å². The zero-order valence-corrected chi connectivity index (χ0v) is 17.5.